The second-order valence-electron chi connectivity index (χ2n) is 8.96. The first-order valence-electron chi connectivity index (χ1n) is 12.5. The molecular weight excluding hydrogens is 450 g/mol. The molecule has 0 bridgehead atoms. The van der Waals surface area contributed by atoms with Crippen LogP contribution in [0.25, 0.3) is 10.9 Å². The number of nitrogens with one attached hydrogen (secondary N) is 1. The maximum absolute atomic E-state index is 11.0. The molecule has 0 amide bonds. The fourth-order valence-corrected chi connectivity index (χ4v) is 4.29. The average Bonchev–Trinajstić information content (AvgIpc) is 3.18. The van der Waals surface area contributed by atoms with Gasteiger partial charge in [-0.05, 0) is 71.1 Å². The minimum Gasteiger partial charge on any atom is -0.494 e. The number of benzene rings is 3. The molecule has 6 nitrogen and oxygen atoms in total. The zero-order valence-electron chi connectivity index (χ0n) is 21.5. The Balaban J connectivity index is 1.79. The molecule has 36 heavy (non-hydrogen) atoms. The van der Waals surface area contributed by atoms with Gasteiger partial charge in [0, 0.05) is 17.0 Å². The van der Waals surface area contributed by atoms with E-state index >= 15 is 0 Å². The Labute approximate surface area is 213 Å². The molecular formula is C30H35N3O3. The number of fused-ring (bicyclic) bond motifs is 1. The van der Waals surface area contributed by atoms with Gasteiger partial charge in [-0.25, -0.2) is 4.99 Å². The number of aromatic nitrogens is 1. The molecule has 2 N–H and O–H groups in total. The van der Waals surface area contributed by atoms with Crippen LogP contribution in [0, 0.1) is 0 Å². The van der Waals surface area contributed by atoms with E-state index in [0.29, 0.717) is 36.0 Å². The molecule has 0 fully saturated rings. The summed E-state index contributed by atoms with van der Waals surface area (Å²) in [7, 11) is 4.19. The van der Waals surface area contributed by atoms with Crippen LogP contribution in [0.5, 0.6) is 17.4 Å². The second kappa shape index (κ2) is 11.8. The lowest BCUT2D eigenvalue weighted by molar-refractivity contribution is 0.288. The normalized spacial score (nSPS) is 11.9. The van der Waals surface area contributed by atoms with Crippen LogP contribution in [-0.2, 0) is 6.42 Å². The Morgan fingerprint density at radius 1 is 0.917 bits per heavy atom. The van der Waals surface area contributed by atoms with Crippen molar-refractivity contribution >= 4 is 22.3 Å². The van der Waals surface area contributed by atoms with Crippen LogP contribution in [0.3, 0.4) is 0 Å². The molecule has 1 aromatic heterocycles. The smallest absolute Gasteiger partial charge is 0.199 e. The highest BCUT2D eigenvalue weighted by Gasteiger charge is 2.21. The molecule has 0 radical (unpaired) electrons. The second-order valence-corrected chi connectivity index (χ2v) is 8.96. The number of nitrogens with zero attached hydrogens (tertiary/aromatic N) is 2. The Kier molecular flexibility index (Phi) is 8.28. The van der Waals surface area contributed by atoms with Gasteiger partial charge in [0.05, 0.1) is 35.7 Å². The van der Waals surface area contributed by atoms with Crippen molar-refractivity contribution < 1.29 is 14.6 Å². The van der Waals surface area contributed by atoms with Crippen molar-refractivity contribution in [1.82, 2.24) is 9.88 Å². The van der Waals surface area contributed by atoms with Crippen molar-refractivity contribution in [2.24, 2.45) is 4.99 Å². The molecule has 0 aliphatic heterocycles. The summed E-state index contributed by atoms with van der Waals surface area (Å²) in [5.41, 5.74) is 5.11. The van der Waals surface area contributed by atoms with E-state index in [2.05, 4.69) is 36.1 Å². The molecule has 0 aliphatic carbocycles. The fraction of sp³-hybridized carbons (Fsp3) is 0.300. The Morgan fingerprint density at radius 3 is 2.22 bits per heavy atom. The molecule has 4 aromatic rings. The summed E-state index contributed by atoms with van der Waals surface area (Å²) < 4.78 is 11.6. The van der Waals surface area contributed by atoms with Crippen molar-refractivity contribution in [3.8, 4) is 17.4 Å². The van der Waals surface area contributed by atoms with E-state index < -0.39 is 0 Å². The maximum Gasteiger partial charge on any atom is 0.199 e. The van der Waals surface area contributed by atoms with Gasteiger partial charge in [0.2, 0.25) is 0 Å². The van der Waals surface area contributed by atoms with Gasteiger partial charge in [-0.1, -0.05) is 42.5 Å². The van der Waals surface area contributed by atoms with Crippen LogP contribution >= 0.6 is 0 Å². The predicted octanol–water partition coefficient (Wildman–Crippen LogP) is 6.33. The molecule has 0 aliphatic rings. The Bertz CT molecular complexity index is 1310. The van der Waals surface area contributed by atoms with Crippen molar-refractivity contribution in [1.29, 1.82) is 0 Å². The molecule has 0 spiro atoms. The van der Waals surface area contributed by atoms with E-state index in [4.69, 9.17) is 14.5 Å². The van der Waals surface area contributed by atoms with Crippen LogP contribution in [-0.4, -0.2) is 54.6 Å². The standard InChI is InChI=1S/C30H35N3O3/c1-5-35-26-19-24-25(20-27(26)36-6-2)32-30(34)28(24)29(22-12-8-7-9-13-22)31-23-16-14-21(15-17-23)11-10-18-33(3)4/h7-9,12-17,19-20,32,34H,5-6,10-11,18H2,1-4H3. The first-order valence-corrected chi connectivity index (χ1v) is 12.5. The van der Waals surface area contributed by atoms with Crippen LogP contribution in [0.1, 0.15) is 37.0 Å². The summed E-state index contributed by atoms with van der Waals surface area (Å²) in [5.74, 6) is 1.34. The largest absolute Gasteiger partial charge is 0.494 e. The molecule has 3 aromatic carbocycles. The lowest BCUT2D eigenvalue weighted by Crippen LogP contribution is -2.13. The van der Waals surface area contributed by atoms with Gasteiger partial charge in [0.15, 0.2) is 17.4 Å². The van der Waals surface area contributed by atoms with Gasteiger partial charge in [0.25, 0.3) is 0 Å². The van der Waals surface area contributed by atoms with Crippen LogP contribution in [0.15, 0.2) is 71.7 Å². The first kappa shape index (κ1) is 25.3. The van der Waals surface area contributed by atoms with Crippen molar-refractivity contribution in [2.75, 3.05) is 33.9 Å². The van der Waals surface area contributed by atoms with Crippen molar-refractivity contribution in [2.45, 2.75) is 26.7 Å². The van der Waals surface area contributed by atoms with E-state index in [1.165, 1.54) is 5.56 Å². The summed E-state index contributed by atoms with van der Waals surface area (Å²) in [6, 6.07) is 22.1. The molecule has 0 saturated heterocycles. The zero-order chi connectivity index (χ0) is 25.5. The fourth-order valence-electron chi connectivity index (χ4n) is 4.29. The third-order valence-electron chi connectivity index (χ3n) is 5.97. The number of aromatic amines is 1. The van der Waals surface area contributed by atoms with Crippen LogP contribution in [0.4, 0.5) is 5.69 Å². The molecule has 6 heteroatoms. The molecule has 0 saturated carbocycles. The van der Waals surface area contributed by atoms with E-state index in [1.807, 2.05) is 68.4 Å². The molecule has 1 heterocycles. The Morgan fingerprint density at radius 2 is 1.58 bits per heavy atom. The van der Waals surface area contributed by atoms with Gasteiger partial charge < -0.3 is 24.5 Å². The number of H-pyrrole nitrogens is 1. The molecule has 188 valence electrons. The average molecular weight is 486 g/mol. The number of aromatic hydroxyl groups is 1. The predicted molar refractivity (Wildman–Crippen MR) is 147 cm³/mol. The number of hydrogen-bond acceptors (Lipinski definition) is 5. The van der Waals surface area contributed by atoms with E-state index in [1.54, 1.807) is 0 Å². The van der Waals surface area contributed by atoms with Crippen molar-refractivity contribution in [3.63, 3.8) is 0 Å². The van der Waals surface area contributed by atoms with Gasteiger partial charge in [-0.15, -0.1) is 0 Å². The summed E-state index contributed by atoms with van der Waals surface area (Å²) >= 11 is 0. The molecule has 0 atom stereocenters. The van der Waals surface area contributed by atoms with E-state index in [0.717, 1.165) is 41.5 Å². The van der Waals surface area contributed by atoms with E-state index in [-0.39, 0.29) is 5.88 Å². The van der Waals surface area contributed by atoms with Gasteiger partial charge in [-0.2, -0.15) is 0 Å². The number of aryl methyl sites for hydroxylation is 1. The maximum atomic E-state index is 11.0. The minimum absolute atomic E-state index is 0.0593. The van der Waals surface area contributed by atoms with Crippen molar-refractivity contribution in [3.05, 3.63) is 83.4 Å². The highest BCUT2D eigenvalue weighted by atomic mass is 16.5. The third-order valence-corrected chi connectivity index (χ3v) is 5.97. The van der Waals surface area contributed by atoms with Crippen LogP contribution in [0.2, 0.25) is 0 Å². The monoisotopic (exact) mass is 485 g/mol. The molecule has 0 unspecified atom stereocenters. The SMILES string of the molecule is CCOc1cc2[nH]c(O)c(C(=Nc3ccc(CCCN(C)C)cc3)c3ccccc3)c2cc1OCC. The van der Waals surface area contributed by atoms with Gasteiger partial charge >= 0.3 is 0 Å². The van der Waals surface area contributed by atoms with Crippen LogP contribution < -0.4 is 9.47 Å². The van der Waals surface area contributed by atoms with Gasteiger partial charge in [-0.3, -0.25) is 0 Å². The lowest BCUT2D eigenvalue weighted by Gasteiger charge is -2.12. The number of aliphatic imine (C=N–C) groups is 1. The number of hydrogen-bond donors (Lipinski definition) is 2. The number of ether oxygens (including phenoxy) is 2. The summed E-state index contributed by atoms with van der Waals surface area (Å²) in [6.07, 6.45) is 2.14. The summed E-state index contributed by atoms with van der Waals surface area (Å²) in [5, 5.41) is 11.9. The lowest BCUT2D eigenvalue weighted by atomic mass is 10.0. The quantitative estimate of drug-likeness (QED) is 0.243. The minimum atomic E-state index is 0.0593. The zero-order valence-corrected chi connectivity index (χ0v) is 21.5. The van der Waals surface area contributed by atoms with E-state index in [9.17, 15) is 5.11 Å². The highest BCUT2D eigenvalue weighted by Crippen LogP contribution is 2.38. The highest BCUT2D eigenvalue weighted by molar-refractivity contribution is 6.22. The number of rotatable bonds is 11. The topological polar surface area (TPSA) is 70.1 Å². The third kappa shape index (κ3) is 5.89. The summed E-state index contributed by atoms with van der Waals surface area (Å²) in [4.78, 5) is 10.3. The Hall–Kier alpha value is -3.77. The first-order chi connectivity index (χ1) is 17.5. The summed E-state index contributed by atoms with van der Waals surface area (Å²) in [6.45, 7) is 5.97. The van der Waals surface area contributed by atoms with Gasteiger partial charge in [0.1, 0.15) is 0 Å². The molecule has 4 rings (SSSR count).